The van der Waals surface area contributed by atoms with Crippen LogP contribution in [0.25, 0.3) is 0 Å². The van der Waals surface area contributed by atoms with E-state index >= 15 is 0 Å². The molecule has 2 heterocycles. The monoisotopic (exact) mass is 343 g/mol. The molecule has 6 nitrogen and oxygen atoms in total. The lowest BCUT2D eigenvalue weighted by molar-refractivity contribution is 0.216. The number of likely N-dealkylation sites (N-methyl/N-ethyl adjacent to an activating group) is 1. The highest BCUT2D eigenvalue weighted by Gasteiger charge is 2.27. The van der Waals surface area contributed by atoms with Crippen molar-refractivity contribution < 1.29 is 8.91 Å². The largest absolute Gasteiger partial charge is 0.339 e. The van der Waals surface area contributed by atoms with E-state index in [1.165, 1.54) is 12.1 Å². The molecule has 25 heavy (non-hydrogen) atoms. The number of hydrogen-bond acceptors (Lipinski definition) is 6. The smallest absolute Gasteiger partial charge is 0.226 e. The molecule has 7 heteroatoms. The van der Waals surface area contributed by atoms with Gasteiger partial charge < -0.3 is 4.52 Å². The molecule has 1 aromatic heterocycles. The number of likely N-dealkylation sites (tertiary alicyclic amines) is 1. The van der Waals surface area contributed by atoms with Gasteiger partial charge in [-0.05, 0) is 31.2 Å². The second kappa shape index (κ2) is 7.72. The summed E-state index contributed by atoms with van der Waals surface area (Å²) in [6.07, 6.45) is 1.78. The van der Waals surface area contributed by atoms with Crippen LogP contribution < -0.4 is 0 Å². The van der Waals surface area contributed by atoms with Gasteiger partial charge in [0.25, 0.3) is 0 Å². The zero-order valence-electron chi connectivity index (χ0n) is 14.6. The topological polar surface area (TPSA) is 69.2 Å². The molecule has 1 atom stereocenters. The Morgan fingerprint density at radius 3 is 3.04 bits per heavy atom. The highest BCUT2D eigenvalue weighted by Crippen LogP contribution is 2.20. The molecular formula is C18H22FN5O. The molecule has 0 spiro atoms. The van der Waals surface area contributed by atoms with Crippen LogP contribution in [-0.4, -0.2) is 46.1 Å². The van der Waals surface area contributed by atoms with Crippen molar-refractivity contribution in [2.45, 2.75) is 38.9 Å². The number of halogens is 1. The van der Waals surface area contributed by atoms with E-state index in [2.05, 4.69) is 33.1 Å². The first-order valence-electron chi connectivity index (χ1n) is 8.51. The van der Waals surface area contributed by atoms with E-state index in [0.717, 1.165) is 31.5 Å². The first-order chi connectivity index (χ1) is 12.1. The second-order valence-electron chi connectivity index (χ2n) is 6.46. The maximum Gasteiger partial charge on any atom is 0.226 e. The Kier molecular flexibility index (Phi) is 5.41. The van der Waals surface area contributed by atoms with E-state index in [0.29, 0.717) is 36.4 Å². The first kappa shape index (κ1) is 17.5. The minimum absolute atomic E-state index is 0.370. The zero-order chi connectivity index (χ0) is 17.8. The van der Waals surface area contributed by atoms with Gasteiger partial charge in [0.1, 0.15) is 5.82 Å². The normalized spacial score (nSPS) is 18.0. The molecular weight excluding hydrogens is 321 g/mol. The molecule has 1 fully saturated rings. The Labute approximate surface area is 146 Å². The highest BCUT2D eigenvalue weighted by molar-refractivity contribution is 5.37. The van der Waals surface area contributed by atoms with Crippen LogP contribution in [0.3, 0.4) is 0 Å². The van der Waals surface area contributed by atoms with E-state index in [9.17, 15) is 9.65 Å². The fourth-order valence-electron chi connectivity index (χ4n) is 3.20. The van der Waals surface area contributed by atoms with Gasteiger partial charge in [-0.2, -0.15) is 10.2 Å². The minimum atomic E-state index is -0.370. The molecule has 0 N–H and O–H groups in total. The van der Waals surface area contributed by atoms with E-state index in [1.807, 2.05) is 6.92 Å². The highest BCUT2D eigenvalue weighted by atomic mass is 19.1. The van der Waals surface area contributed by atoms with Gasteiger partial charge in [0.05, 0.1) is 18.2 Å². The van der Waals surface area contributed by atoms with Gasteiger partial charge in [-0.3, -0.25) is 9.80 Å². The van der Waals surface area contributed by atoms with Crippen molar-refractivity contribution in [3.8, 4) is 6.07 Å². The van der Waals surface area contributed by atoms with Crippen LogP contribution in [0.15, 0.2) is 22.7 Å². The van der Waals surface area contributed by atoms with Crippen molar-refractivity contribution in [3.05, 3.63) is 46.9 Å². The number of benzene rings is 1. The molecule has 1 aliphatic rings. The SMILES string of the molecule is CCc1nc(CN(C)[C@H]2CCN(Cc3ccc(F)cc3C#N)C2)no1. The van der Waals surface area contributed by atoms with Crippen molar-refractivity contribution in [2.24, 2.45) is 0 Å². The van der Waals surface area contributed by atoms with Crippen molar-refractivity contribution >= 4 is 0 Å². The molecule has 1 aromatic carbocycles. The Hall–Kier alpha value is -2.30. The summed E-state index contributed by atoms with van der Waals surface area (Å²) in [5.74, 6) is 1.01. The average molecular weight is 343 g/mol. The standard InChI is InChI=1S/C18H22FN5O/c1-3-18-21-17(22-25-18)12-23(2)16-6-7-24(11-16)10-13-4-5-15(19)8-14(13)9-20/h4-5,8,16H,3,6-7,10-12H2,1-2H3/t16-/m0/s1. The Bertz CT molecular complexity index is 769. The second-order valence-corrected chi connectivity index (χ2v) is 6.46. The summed E-state index contributed by atoms with van der Waals surface area (Å²) >= 11 is 0. The number of hydrogen-bond donors (Lipinski definition) is 0. The van der Waals surface area contributed by atoms with Gasteiger partial charge >= 0.3 is 0 Å². The first-order valence-corrected chi connectivity index (χ1v) is 8.51. The minimum Gasteiger partial charge on any atom is -0.339 e. The molecule has 132 valence electrons. The maximum absolute atomic E-state index is 13.3. The predicted octanol–water partition coefficient (Wildman–Crippen LogP) is 2.35. The number of aryl methyl sites for hydroxylation is 1. The van der Waals surface area contributed by atoms with E-state index in [4.69, 9.17) is 4.52 Å². The average Bonchev–Trinajstić information content (AvgIpc) is 3.25. The molecule has 3 rings (SSSR count). The lowest BCUT2D eigenvalue weighted by atomic mass is 10.1. The van der Waals surface area contributed by atoms with Crippen LogP contribution in [0.4, 0.5) is 4.39 Å². The van der Waals surface area contributed by atoms with Crippen molar-refractivity contribution in [3.63, 3.8) is 0 Å². The van der Waals surface area contributed by atoms with E-state index < -0.39 is 0 Å². The predicted molar refractivity (Wildman–Crippen MR) is 89.9 cm³/mol. The molecule has 0 saturated carbocycles. The summed E-state index contributed by atoms with van der Waals surface area (Å²) in [5.41, 5.74) is 1.29. The van der Waals surface area contributed by atoms with Crippen molar-refractivity contribution in [1.82, 2.24) is 19.9 Å². The fraction of sp³-hybridized carbons (Fsp3) is 0.500. The van der Waals surface area contributed by atoms with Crippen molar-refractivity contribution in [2.75, 3.05) is 20.1 Å². The Balaban J connectivity index is 1.57. The molecule has 1 aliphatic heterocycles. The van der Waals surface area contributed by atoms with Crippen LogP contribution in [0.2, 0.25) is 0 Å². The van der Waals surface area contributed by atoms with Crippen LogP contribution in [-0.2, 0) is 19.5 Å². The number of aromatic nitrogens is 2. The van der Waals surface area contributed by atoms with Gasteiger partial charge in [0.2, 0.25) is 5.89 Å². The van der Waals surface area contributed by atoms with Gasteiger partial charge in [0, 0.05) is 32.1 Å². The van der Waals surface area contributed by atoms with Gasteiger partial charge in [-0.25, -0.2) is 4.39 Å². The lowest BCUT2D eigenvalue weighted by Crippen LogP contribution is -2.34. The summed E-state index contributed by atoms with van der Waals surface area (Å²) in [7, 11) is 2.06. The van der Waals surface area contributed by atoms with Crippen LogP contribution in [0.1, 0.15) is 36.2 Å². The molecule has 1 saturated heterocycles. The van der Waals surface area contributed by atoms with Crippen LogP contribution in [0, 0.1) is 17.1 Å². The zero-order valence-corrected chi connectivity index (χ0v) is 14.6. The third kappa shape index (κ3) is 4.21. The fourth-order valence-corrected chi connectivity index (χ4v) is 3.20. The summed E-state index contributed by atoms with van der Waals surface area (Å²) in [6.45, 7) is 5.15. The van der Waals surface area contributed by atoms with Gasteiger partial charge in [-0.1, -0.05) is 18.1 Å². The summed E-state index contributed by atoms with van der Waals surface area (Å²) in [6, 6.07) is 6.90. The summed E-state index contributed by atoms with van der Waals surface area (Å²) in [5, 5.41) is 13.2. The molecule has 0 aliphatic carbocycles. The maximum atomic E-state index is 13.3. The third-order valence-electron chi connectivity index (χ3n) is 4.66. The lowest BCUT2D eigenvalue weighted by Gasteiger charge is -2.23. The third-order valence-corrected chi connectivity index (χ3v) is 4.66. The summed E-state index contributed by atoms with van der Waals surface area (Å²) in [4.78, 5) is 8.88. The quantitative estimate of drug-likeness (QED) is 0.802. The van der Waals surface area contributed by atoms with Gasteiger partial charge in [-0.15, -0.1) is 0 Å². The number of nitrogens with zero attached hydrogens (tertiary/aromatic N) is 5. The molecule has 2 aromatic rings. The molecule has 0 amide bonds. The number of rotatable bonds is 6. The Morgan fingerprint density at radius 1 is 1.48 bits per heavy atom. The van der Waals surface area contributed by atoms with Gasteiger partial charge in [0.15, 0.2) is 5.82 Å². The Morgan fingerprint density at radius 2 is 2.32 bits per heavy atom. The molecule has 0 bridgehead atoms. The van der Waals surface area contributed by atoms with Crippen molar-refractivity contribution in [1.29, 1.82) is 5.26 Å². The van der Waals surface area contributed by atoms with Crippen LogP contribution >= 0.6 is 0 Å². The molecule has 0 unspecified atom stereocenters. The van der Waals surface area contributed by atoms with Crippen LogP contribution in [0.5, 0.6) is 0 Å². The van der Waals surface area contributed by atoms with E-state index in [-0.39, 0.29) is 5.82 Å². The number of nitriles is 1. The summed E-state index contributed by atoms with van der Waals surface area (Å²) < 4.78 is 18.4. The van der Waals surface area contributed by atoms with E-state index in [1.54, 1.807) is 6.07 Å². The molecule has 0 radical (unpaired) electrons.